The van der Waals surface area contributed by atoms with Crippen LogP contribution in [0.4, 0.5) is 0 Å². The van der Waals surface area contributed by atoms with Crippen molar-refractivity contribution in [2.75, 3.05) is 20.1 Å². The molecule has 3 nitrogen and oxygen atoms in total. The zero-order chi connectivity index (χ0) is 22.6. The summed E-state index contributed by atoms with van der Waals surface area (Å²) in [5, 5.41) is 8.63. The van der Waals surface area contributed by atoms with Gasteiger partial charge < -0.3 is 4.48 Å². The van der Waals surface area contributed by atoms with Gasteiger partial charge in [0, 0.05) is 30.8 Å². The molecular formula is C27H48N3S+. The lowest BCUT2D eigenvalue weighted by Crippen LogP contribution is -2.43. The molecule has 0 spiro atoms. The Morgan fingerprint density at radius 3 is 1.97 bits per heavy atom. The molecule has 1 aliphatic rings. The van der Waals surface area contributed by atoms with Crippen molar-refractivity contribution >= 4 is 12.6 Å². The molecule has 0 radical (unpaired) electrons. The molecule has 1 aromatic heterocycles. The average molecular weight is 447 g/mol. The summed E-state index contributed by atoms with van der Waals surface area (Å²) in [7, 11) is 2.48. The molecule has 2 rings (SSSR count). The summed E-state index contributed by atoms with van der Waals surface area (Å²) in [5.74, 6) is 0. The van der Waals surface area contributed by atoms with Crippen LogP contribution in [0.25, 0.3) is 0 Å². The van der Waals surface area contributed by atoms with Gasteiger partial charge in [-0.1, -0.05) is 103 Å². The summed E-state index contributed by atoms with van der Waals surface area (Å²) in [6.45, 7) is 4.99. The van der Waals surface area contributed by atoms with Crippen LogP contribution in [0.5, 0.6) is 0 Å². The lowest BCUT2D eigenvalue weighted by atomic mass is 10.0. The monoisotopic (exact) mass is 446 g/mol. The van der Waals surface area contributed by atoms with Gasteiger partial charge >= 0.3 is 0 Å². The zero-order valence-corrected chi connectivity index (χ0v) is 21.3. The van der Waals surface area contributed by atoms with Crippen LogP contribution in [0, 0.1) is 10.7 Å². The number of unbranched alkanes of at least 4 members (excludes halogenated alkanes) is 13. The van der Waals surface area contributed by atoms with E-state index < -0.39 is 0 Å². The van der Waals surface area contributed by atoms with Crippen LogP contribution in [-0.4, -0.2) is 29.6 Å². The van der Waals surface area contributed by atoms with Crippen LogP contribution in [0.1, 0.15) is 121 Å². The van der Waals surface area contributed by atoms with Crippen molar-refractivity contribution in [3.8, 4) is 5.40 Å². The normalized spacial score (nSPS) is 20.1. The number of aromatic nitrogens is 1. The molecule has 31 heavy (non-hydrogen) atoms. The van der Waals surface area contributed by atoms with E-state index in [1.54, 1.807) is 0 Å². The summed E-state index contributed by atoms with van der Waals surface area (Å²) in [6.07, 6.45) is 26.9. The molecule has 4 heteroatoms. The molecule has 2 heterocycles. The molecule has 2 atom stereocenters. The Balaban J connectivity index is 0.00000151. The minimum Gasteiger partial charge on any atom is -0.320 e. The van der Waals surface area contributed by atoms with Gasteiger partial charge in [0.05, 0.1) is 20.1 Å². The van der Waals surface area contributed by atoms with E-state index in [0.29, 0.717) is 6.04 Å². The number of nitrogens with zero attached hydrogens (tertiary/aromatic N) is 3. The predicted octanol–water partition coefficient (Wildman–Crippen LogP) is 8.24. The average Bonchev–Trinajstić information content (AvgIpc) is 3.16. The van der Waals surface area contributed by atoms with E-state index in [1.807, 2.05) is 6.20 Å². The van der Waals surface area contributed by atoms with E-state index in [2.05, 4.69) is 49.9 Å². The molecule has 1 aromatic rings. The Bertz CT molecular complexity index is 572. The smallest absolute Gasteiger partial charge is 0.130 e. The van der Waals surface area contributed by atoms with Gasteiger partial charge in [-0.3, -0.25) is 4.98 Å². The molecule has 0 saturated carbocycles. The van der Waals surface area contributed by atoms with E-state index in [0.717, 1.165) is 0 Å². The molecule has 0 aromatic carbocycles. The minimum atomic E-state index is 0.677. The first-order valence-electron chi connectivity index (χ1n) is 12.9. The van der Waals surface area contributed by atoms with Gasteiger partial charge in [-0.15, -0.1) is 0 Å². The first-order valence-corrected chi connectivity index (χ1v) is 13.4. The van der Waals surface area contributed by atoms with E-state index in [9.17, 15) is 0 Å². The molecule has 0 aliphatic carbocycles. The Kier molecular flexibility index (Phi) is 16.7. The van der Waals surface area contributed by atoms with Gasteiger partial charge in [0.1, 0.15) is 11.4 Å². The van der Waals surface area contributed by atoms with Gasteiger partial charge in [0.15, 0.2) is 0 Å². The molecule has 0 amide bonds. The standard InChI is InChI=1S/C26H47N2.CHNS/c1-3-4-5-6-7-8-9-10-11-12-13-14-15-16-22-28(2)23-18-20-26(28)25-19-17-21-27-24-25;2-1-3/h17,19,21,24,26H,3-16,18,20,22-23H2,1-2H3;3H/q+1;. The van der Waals surface area contributed by atoms with Crippen LogP contribution < -0.4 is 0 Å². The van der Waals surface area contributed by atoms with E-state index in [-0.39, 0.29) is 0 Å². The zero-order valence-electron chi connectivity index (χ0n) is 20.4. The summed E-state index contributed by atoms with van der Waals surface area (Å²) in [5.41, 5.74) is 1.45. The van der Waals surface area contributed by atoms with Gasteiger partial charge in [-0.25, -0.2) is 0 Å². The van der Waals surface area contributed by atoms with Gasteiger partial charge in [0.2, 0.25) is 0 Å². The van der Waals surface area contributed by atoms with Crippen molar-refractivity contribution in [1.82, 2.24) is 4.98 Å². The van der Waals surface area contributed by atoms with Crippen LogP contribution in [-0.2, 0) is 0 Å². The molecule has 1 fully saturated rings. The van der Waals surface area contributed by atoms with Crippen LogP contribution >= 0.6 is 12.6 Å². The largest absolute Gasteiger partial charge is 0.320 e. The van der Waals surface area contributed by atoms with Crippen molar-refractivity contribution < 1.29 is 4.48 Å². The molecule has 0 bridgehead atoms. The highest BCUT2D eigenvalue weighted by molar-refractivity contribution is 7.85. The highest BCUT2D eigenvalue weighted by Gasteiger charge is 2.38. The van der Waals surface area contributed by atoms with E-state index in [4.69, 9.17) is 5.26 Å². The second-order valence-corrected chi connectivity index (χ2v) is 9.77. The number of hydrogen-bond donors (Lipinski definition) is 1. The highest BCUT2D eigenvalue weighted by atomic mass is 32.1. The fourth-order valence-corrected chi connectivity index (χ4v) is 5.15. The summed E-state index contributed by atoms with van der Waals surface area (Å²) in [6, 6.07) is 5.06. The molecular weight excluding hydrogens is 398 g/mol. The molecule has 2 unspecified atom stereocenters. The van der Waals surface area contributed by atoms with Crippen molar-refractivity contribution in [2.45, 2.75) is 116 Å². The maximum atomic E-state index is 7.18. The third kappa shape index (κ3) is 12.5. The number of likely N-dealkylation sites (tertiary alicyclic amines) is 1. The fourth-order valence-electron chi connectivity index (χ4n) is 5.15. The number of thiol groups is 1. The molecule has 1 saturated heterocycles. The minimum absolute atomic E-state index is 0.677. The number of nitriles is 1. The maximum Gasteiger partial charge on any atom is 0.130 e. The lowest BCUT2D eigenvalue weighted by molar-refractivity contribution is -0.927. The Morgan fingerprint density at radius 1 is 0.968 bits per heavy atom. The van der Waals surface area contributed by atoms with E-state index >= 15 is 0 Å². The first kappa shape index (κ1) is 28.0. The summed E-state index contributed by atoms with van der Waals surface area (Å²) >= 11 is 3.09. The highest BCUT2D eigenvalue weighted by Crippen LogP contribution is 2.37. The maximum absolute atomic E-state index is 7.18. The topological polar surface area (TPSA) is 36.7 Å². The summed E-state index contributed by atoms with van der Waals surface area (Å²) < 4.78 is 1.24. The third-order valence-electron chi connectivity index (χ3n) is 6.99. The van der Waals surface area contributed by atoms with Crippen molar-refractivity contribution in [3.05, 3.63) is 30.1 Å². The quantitative estimate of drug-likeness (QED) is 0.120. The van der Waals surface area contributed by atoms with Crippen LogP contribution in [0.2, 0.25) is 0 Å². The Hall–Kier alpha value is -1.05. The van der Waals surface area contributed by atoms with Crippen LogP contribution in [0.15, 0.2) is 24.5 Å². The number of quaternary nitrogens is 1. The Labute approximate surface area is 198 Å². The van der Waals surface area contributed by atoms with E-state index in [1.165, 1.54) is 131 Å². The number of thiocyanates is 1. The molecule has 1 aliphatic heterocycles. The summed E-state index contributed by atoms with van der Waals surface area (Å²) in [4.78, 5) is 4.36. The number of rotatable bonds is 16. The van der Waals surface area contributed by atoms with Gasteiger partial charge in [-0.2, -0.15) is 5.26 Å². The van der Waals surface area contributed by atoms with Gasteiger partial charge in [0.25, 0.3) is 0 Å². The fraction of sp³-hybridized carbons (Fsp3) is 0.778. The lowest BCUT2D eigenvalue weighted by Gasteiger charge is -2.36. The number of pyridine rings is 1. The second-order valence-electron chi connectivity index (χ2n) is 9.57. The van der Waals surface area contributed by atoms with Crippen molar-refractivity contribution in [1.29, 1.82) is 5.26 Å². The molecule has 0 N–H and O–H groups in total. The van der Waals surface area contributed by atoms with Crippen molar-refractivity contribution in [3.63, 3.8) is 0 Å². The third-order valence-corrected chi connectivity index (χ3v) is 6.99. The van der Waals surface area contributed by atoms with Crippen LogP contribution in [0.3, 0.4) is 0 Å². The second kappa shape index (κ2) is 18.5. The molecule has 176 valence electrons. The van der Waals surface area contributed by atoms with Gasteiger partial charge in [-0.05, 0) is 18.9 Å². The van der Waals surface area contributed by atoms with Crippen molar-refractivity contribution in [2.24, 2.45) is 0 Å². The Morgan fingerprint density at radius 2 is 1.48 bits per heavy atom. The SMILES string of the molecule is CCCCCCCCCCCCCCCC[N+]1(C)CCCC1c1cccnc1.N#CS. The first-order chi connectivity index (χ1) is 15.2. The predicted molar refractivity (Wildman–Crippen MR) is 137 cm³/mol. The number of hydrogen-bond acceptors (Lipinski definition) is 3.